The van der Waals surface area contributed by atoms with E-state index in [1.54, 1.807) is 6.20 Å². The number of imidazole rings is 1. The van der Waals surface area contributed by atoms with E-state index in [4.69, 9.17) is 5.73 Å². The first-order valence-electron chi connectivity index (χ1n) is 4.98. The highest BCUT2D eigenvalue weighted by Gasteiger charge is 2.13. The number of nitrogens with two attached hydrogens (primary N) is 1. The molecule has 0 unspecified atom stereocenters. The van der Waals surface area contributed by atoms with Gasteiger partial charge in [0.05, 0.1) is 17.6 Å². The summed E-state index contributed by atoms with van der Waals surface area (Å²) in [7, 11) is 0. The van der Waals surface area contributed by atoms with Crippen LogP contribution in [-0.2, 0) is 6.54 Å². The summed E-state index contributed by atoms with van der Waals surface area (Å²) in [6.07, 6.45) is 1.74. The highest BCUT2D eigenvalue weighted by molar-refractivity contribution is 5.65. The molecule has 0 aliphatic heterocycles. The molecule has 15 heavy (non-hydrogen) atoms. The van der Waals surface area contributed by atoms with Crippen LogP contribution in [0.5, 0.6) is 0 Å². The normalized spacial score (nSPS) is 10.9. The Morgan fingerprint density at radius 1 is 1.47 bits per heavy atom. The van der Waals surface area contributed by atoms with Gasteiger partial charge in [-0.05, 0) is 20.8 Å². The molecule has 0 saturated carbocycles. The molecule has 2 aromatic heterocycles. The monoisotopic (exact) mass is 205 g/mol. The first kappa shape index (κ1) is 9.76. The van der Waals surface area contributed by atoms with Crippen LogP contribution in [0.25, 0.3) is 11.3 Å². The zero-order valence-corrected chi connectivity index (χ0v) is 9.20. The molecule has 2 aromatic rings. The summed E-state index contributed by atoms with van der Waals surface area (Å²) in [4.78, 5) is 7.02. The van der Waals surface area contributed by atoms with Gasteiger partial charge in [0.1, 0.15) is 0 Å². The lowest BCUT2D eigenvalue weighted by Gasteiger charge is -1.99. The van der Waals surface area contributed by atoms with Crippen molar-refractivity contribution in [2.45, 2.75) is 27.3 Å². The summed E-state index contributed by atoms with van der Waals surface area (Å²) < 4.78 is 1.97. The predicted octanol–water partition coefficient (Wildman–Crippen LogP) is 1.49. The van der Waals surface area contributed by atoms with E-state index in [9.17, 15) is 0 Å². The zero-order valence-electron chi connectivity index (χ0n) is 9.20. The Morgan fingerprint density at radius 2 is 2.20 bits per heavy atom. The van der Waals surface area contributed by atoms with Gasteiger partial charge < -0.3 is 10.7 Å². The lowest BCUT2D eigenvalue weighted by Crippen LogP contribution is -1.98. The Hall–Kier alpha value is -1.78. The average Bonchev–Trinajstić information content (AvgIpc) is 2.71. The Kier molecular flexibility index (Phi) is 2.22. The number of anilines is 1. The van der Waals surface area contributed by atoms with Crippen LogP contribution < -0.4 is 5.73 Å². The largest absolute Gasteiger partial charge is 0.369 e. The van der Waals surface area contributed by atoms with E-state index in [0.29, 0.717) is 5.95 Å². The fraction of sp³-hybridized carbons (Fsp3) is 0.400. The first-order valence-corrected chi connectivity index (χ1v) is 4.98. The number of aromatic nitrogens is 4. The second-order valence-corrected chi connectivity index (χ2v) is 3.54. The second kappa shape index (κ2) is 3.42. The molecule has 3 N–H and O–H groups in total. The van der Waals surface area contributed by atoms with Gasteiger partial charge in [0.25, 0.3) is 0 Å². The number of aryl methyl sites for hydroxylation is 2. The number of hydrogen-bond donors (Lipinski definition) is 2. The van der Waals surface area contributed by atoms with Crippen molar-refractivity contribution in [1.29, 1.82) is 0 Å². The van der Waals surface area contributed by atoms with Crippen molar-refractivity contribution in [3.05, 3.63) is 17.6 Å². The Morgan fingerprint density at radius 3 is 2.67 bits per heavy atom. The van der Waals surface area contributed by atoms with Crippen LogP contribution in [0, 0.1) is 13.8 Å². The summed E-state index contributed by atoms with van der Waals surface area (Å²) in [5, 5.41) is 4.44. The standard InChI is InChI=1S/C10H15N5/c1-4-15-7(3)9(6(2)14-15)8-5-12-10(11)13-8/h5H,4H2,1-3H3,(H3,11,12,13). The van der Waals surface area contributed by atoms with E-state index >= 15 is 0 Å². The molecule has 2 heterocycles. The molecule has 0 saturated heterocycles. The van der Waals surface area contributed by atoms with Gasteiger partial charge in [-0.3, -0.25) is 4.68 Å². The summed E-state index contributed by atoms with van der Waals surface area (Å²) >= 11 is 0. The first-order chi connectivity index (χ1) is 7.13. The second-order valence-electron chi connectivity index (χ2n) is 3.54. The molecule has 0 atom stereocenters. The quantitative estimate of drug-likeness (QED) is 0.780. The third-order valence-corrected chi connectivity index (χ3v) is 2.55. The van der Waals surface area contributed by atoms with E-state index in [2.05, 4.69) is 28.9 Å². The van der Waals surface area contributed by atoms with E-state index < -0.39 is 0 Å². The van der Waals surface area contributed by atoms with Crippen molar-refractivity contribution in [2.24, 2.45) is 0 Å². The Balaban J connectivity index is 2.57. The third kappa shape index (κ3) is 1.49. The lowest BCUT2D eigenvalue weighted by atomic mass is 10.1. The van der Waals surface area contributed by atoms with Crippen molar-refractivity contribution in [1.82, 2.24) is 19.7 Å². The number of aromatic amines is 1. The number of nitrogens with one attached hydrogen (secondary N) is 1. The molecule has 0 fully saturated rings. The summed E-state index contributed by atoms with van der Waals surface area (Å²) in [5.74, 6) is 0.438. The summed E-state index contributed by atoms with van der Waals surface area (Å²) in [5.41, 5.74) is 9.73. The molecule has 0 radical (unpaired) electrons. The van der Waals surface area contributed by atoms with Crippen LogP contribution in [0.2, 0.25) is 0 Å². The van der Waals surface area contributed by atoms with Crippen molar-refractivity contribution >= 4 is 5.95 Å². The lowest BCUT2D eigenvalue weighted by molar-refractivity contribution is 0.634. The van der Waals surface area contributed by atoms with Crippen molar-refractivity contribution in [3.63, 3.8) is 0 Å². The number of nitrogen functional groups attached to an aromatic ring is 1. The van der Waals surface area contributed by atoms with E-state index in [-0.39, 0.29) is 0 Å². The maximum absolute atomic E-state index is 5.56. The van der Waals surface area contributed by atoms with Crippen LogP contribution in [0.1, 0.15) is 18.3 Å². The van der Waals surface area contributed by atoms with Crippen LogP contribution in [0.4, 0.5) is 5.95 Å². The zero-order chi connectivity index (χ0) is 11.0. The predicted molar refractivity (Wildman–Crippen MR) is 59.4 cm³/mol. The van der Waals surface area contributed by atoms with Crippen molar-refractivity contribution in [3.8, 4) is 11.3 Å². The summed E-state index contributed by atoms with van der Waals surface area (Å²) in [6, 6.07) is 0. The Labute approximate surface area is 88.3 Å². The number of nitrogens with zero attached hydrogens (tertiary/aromatic N) is 3. The number of rotatable bonds is 2. The maximum atomic E-state index is 5.56. The molecule has 0 aromatic carbocycles. The molecule has 0 bridgehead atoms. The minimum atomic E-state index is 0.438. The van der Waals surface area contributed by atoms with E-state index in [1.165, 1.54) is 0 Å². The number of hydrogen-bond acceptors (Lipinski definition) is 3. The molecule has 0 spiro atoms. The number of H-pyrrole nitrogens is 1. The fourth-order valence-electron chi connectivity index (χ4n) is 1.86. The van der Waals surface area contributed by atoms with Gasteiger partial charge in [0.2, 0.25) is 0 Å². The molecule has 0 aliphatic rings. The van der Waals surface area contributed by atoms with E-state index in [1.807, 2.05) is 11.6 Å². The topological polar surface area (TPSA) is 72.5 Å². The molecule has 80 valence electrons. The van der Waals surface area contributed by atoms with Gasteiger partial charge in [0, 0.05) is 17.8 Å². The molecular formula is C10H15N5. The fourth-order valence-corrected chi connectivity index (χ4v) is 1.86. The van der Waals surface area contributed by atoms with Crippen LogP contribution in [-0.4, -0.2) is 19.7 Å². The van der Waals surface area contributed by atoms with Crippen molar-refractivity contribution in [2.75, 3.05) is 5.73 Å². The van der Waals surface area contributed by atoms with Gasteiger partial charge in [-0.25, -0.2) is 4.98 Å². The van der Waals surface area contributed by atoms with Gasteiger partial charge in [-0.2, -0.15) is 5.10 Å². The van der Waals surface area contributed by atoms with Crippen LogP contribution in [0.15, 0.2) is 6.20 Å². The van der Waals surface area contributed by atoms with Gasteiger partial charge in [-0.15, -0.1) is 0 Å². The molecule has 0 aliphatic carbocycles. The highest BCUT2D eigenvalue weighted by Crippen LogP contribution is 2.25. The summed E-state index contributed by atoms with van der Waals surface area (Å²) in [6.45, 7) is 6.99. The van der Waals surface area contributed by atoms with E-state index in [0.717, 1.165) is 29.2 Å². The van der Waals surface area contributed by atoms with Crippen LogP contribution in [0.3, 0.4) is 0 Å². The Bertz CT molecular complexity index is 480. The van der Waals surface area contributed by atoms with Gasteiger partial charge in [0.15, 0.2) is 5.95 Å². The smallest absolute Gasteiger partial charge is 0.197 e. The minimum Gasteiger partial charge on any atom is -0.369 e. The van der Waals surface area contributed by atoms with Gasteiger partial charge >= 0.3 is 0 Å². The molecular weight excluding hydrogens is 190 g/mol. The minimum absolute atomic E-state index is 0.438. The molecule has 5 heteroatoms. The van der Waals surface area contributed by atoms with Crippen molar-refractivity contribution < 1.29 is 0 Å². The SMILES string of the molecule is CCn1nc(C)c(-c2cnc(N)[nH]2)c1C. The third-order valence-electron chi connectivity index (χ3n) is 2.55. The maximum Gasteiger partial charge on any atom is 0.197 e. The molecule has 0 amide bonds. The highest BCUT2D eigenvalue weighted by atomic mass is 15.3. The average molecular weight is 205 g/mol. The van der Waals surface area contributed by atoms with Crippen LogP contribution >= 0.6 is 0 Å². The van der Waals surface area contributed by atoms with Gasteiger partial charge in [-0.1, -0.05) is 0 Å². The molecule has 2 rings (SSSR count). The molecule has 5 nitrogen and oxygen atoms in total.